The molecule has 80 valence electrons. The van der Waals surface area contributed by atoms with Crippen molar-refractivity contribution in [2.24, 2.45) is 5.92 Å². The molecular weight excluding hydrogens is 168 g/mol. The van der Waals surface area contributed by atoms with Crippen molar-refractivity contribution in [2.45, 2.75) is 58.3 Å². The van der Waals surface area contributed by atoms with Gasteiger partial charge in [-0.2, -0.15) is 0 Å². The van der Waals surface area contributed by atoms with Gasteiger partial charge < -0.3 is 0 Å². The van der Waals surface area contributed by atoms with E-state index in [1.165, 1.54) is 51.4 Å². The molecule has 0 heteroatoms. The maximum Gasteiger partial charge on any atom is -0.0294 e. The first-order valence-electron chi connectivity index (χ1n) is 6.09. The maximum atomic E-state index is 3.75. The summed E-state index contributed by atoms with van der Waals surface area (Å²) >= 11 is 0. The van der Waals surface area contributed by atoms with Crippen LogP contribution in [0.1, 0.15) is 58.3 Å². The summed E-state index contributed by atoms with van der Waals surface area (Å²) in [5.41, 5.74) is 1.62. The van der Waals surface area contributed by atoms with Crippen molar-refractivity contribution in [2.75, 3.05) is 0 Å². The van der Waals surface area contributed by atoms with Gasteiger partial charge in [-0.3, -0.25) is 0 Å². The van der Waals surface area contributed by atoms with E-state index in [-0.39, 0.29) is 0 Å². The van der Waals surface area contributed by atoms with Crippen LogP contribution in [0.3, 0.4) is 0 Å². The van der Waals surface area contributed by atoms with Crippen molar-refractivity contribution >= 4 is 0 Å². The molecule has 1 aliphatic carbocycles. The van der Waals surface area contributed by atoms with E-state index in [1.807, 2.05) is 6.08 Å². The predicted molar refractivity (Wildman–Crippen MR) is 64.4 cm³/mol. The molecular formula is C14H24. The lowest BCUT2D eigenvalue weighted by Crippen LogP contribution is -2.05. The summed E-state index contributed by atoms with van der Waals surface area (Å²) in [6.07, 6.45) is 15.4. The van der Waals surface area contributed by atoms with Gasteiger partial charge in [-0.1, -0.05) is 37.0 Å². The molecule has 0 N–H and O–H groups in total. The van der Waals surface area contributed by atoms with Crippen molar-refractivity contribution in [3.8, 4) is 0 Å². The fraction of sp³-hybridized carbons (Fsp3) is 0.714. The molecule has 0 aromatic carbocycles. The molecule has 1 atom stereocenters. The Balaban J connectivity index is 2.01. The van der Waals surface area contributed by atoms with Gasteiger partial charge in [0.15, 0.2) is 0 Å². The zero-order chi connectivity index (χ0) is 10.2. The second-order valence-electron chi connectivity index (χ2n) is 4.62. The summed E-state index contributed by atoms with van der Waals surface area (Å²) in [4.78, 5) is 0. The highest BCUT2D eigenvalue weighted by Gasteiger charge is 2.12. The lowest BCUT2D eigenvalue weighted by Gasteiger charge is -2.20. The fourth-order valence-corrected chi connectivity index (χ4v) is 2.35. The van der Waals surface area contributed by atoms with Crippen LogP contribution in [0.2, 0.25) is 0 Å². The quantitative estimate of drug-likeness (QED) is 0.416. The van der Waals surface area contributed by atoms with Gasteiger partial charge in [0.1, 0.15) is 0 Å². The van der Waals surface area contributed by atoms with Gasteiger partial charge in [-0.25, -0.2) is 0 Å². The van der Waals surface area contributed by atoms with E-state index in [2.05, 4.69) is 19.6 Å². The van der Waals surface area contributed by atoms with Crippen LogP contribution in [-0.2, 0) is 0 Å². The van der Waals surface area contributed by atoms with E-state index in [1.54, 1.807) is 5.57 Å². The van der Waals surface area contributed by atoms with Crippen molar-refractivity contribution in [3.05, 3.63) is 24.3 Å². The summed E-state index contributed by atoms with van der Waals surface area (Å²) in [6, 6.07) is 0. The Morgan fingerprint density at radius 3 is 3.00 bits per heavy atom. The number of unbranched alkanes of at least 4 members (excludes halogenated alkanes) is 3. The fourth-order valence-electron chi connectivity index (χ4n) is 2.35. The molecule has 0 saturated carbocycles. The zero-order valence-electron chi connectivity index (χ0n) is 9.60. The Labute approximate surface area is 89.1 Å². The summed E-state index contributed by atoms with van der Waals surface area (Å²) in [5.74, 6) is 0.990. The highest BCUT2D eigenvalue weighted by Crippen LogP contribution is 2.27. The zero-order valence-corrected chi connectivity index (χ0v) is 9.60. The van der Waals surface area contributed by atoms with Crippen molar-refractivity contribution in [1.82, 2.24) is 0 Å². The van der Waals surface area contributed by atoms with Crippen LogP contribution in [0.5, 0.6) is 0 Å². The molecule has 0 nitrogen and oxygen atoms in total. The highest BCUT2D eigenvalue weighted by molar-refractivity contribution is 5.03. The normalized spacial score (nSPS) is 21.8. The second-order valence-corrected chi connectivity index (χ2v) is 4.62. The molecule has 0 aromatic rings. The Morgan fingerprint density at radius 1 is 1.43 bits per heavy atom. The molecule has 0 spiro atoms. The average Bonchev–Trinajstić information content (AvgIpc) is 2.18. The van der Waals surface area contributed by atoms with Crippen molar-refractivity contribution < 1.29 is 0 Å². The average molecular weight is 192 g/mol. The molecule has 0 saturated heterocycles. The third kappa shape index (κ3) is 4.64. The summed E-state index contributed by atoms with van der Waals surface area (Å²) in [7, 11) is 0. The standard InChI is InChI=1S/C14H24/c1-3-4-5-6-7-10-14-11-8-9-13(2)12-14/h3,9,14H,1,4-8,10-12H2,2H3. The minimum Gasteiger partial charge on any atom is -0.103 e. The molecule has 0 amide bonds. The summed E-state index contributed by atoms with van der Waals surface area (Å²) in [6.45, 7) is 6.03. The summed E-state index contributed by atoms with van der Waals surface area (Å²) in [5, 5.41) is 0. The lowest BCUT2D eigenvalue weighted by atomic mass is 9.86. The van der Waals surface area contributed by atoms with E-state index in [9.17, 15) is 0 Å². The van der Waals surface area contributed by atoms with E-state index in [0.717, 1.165) is 5.92 Å². The van der Waals surface area contributed by atoms with E-state index in [4.69, 9.17) is 0 Å². The first kappa shape index (κ1) is 11.6. The lowest BCUT2D eigenvalue weighted by molar-refractivity contribution is 0.412. The number of hydrogen-bond acceptors (Lipinski definition) is 0. The minimum absolute atomic E-state index is 0.990. The highest BCUT2D eigenvalue weighted by atomic mass is 14.2. The van der Waals surface area contributed by atoms with Crippen LogP contribution in [0.25, 0.3) is 0 Å². The molecule has 0 bridgehead atoms. The molecule has 1 rings (SSSR count). The molecule has 0 radical (unpaired) electrons. The van der Waals surface area contributed by atoms with E-state index >= 15 is 0 Å². The SMILES string of the molecule is C=CCCCCCC1CCC=C(C)C1. The Hall–Kier alpha value is -0.520. The predicted octanol–water partition coefficient (Wildman–Crippen LogP) is 4.87. The van der Waals surface area contributed by atoms with Crippen LogP contribution in [0, 0.1) is 5.92 Å². The molecule has 0 aromatic heterocycles. The van der Waals surface area contributed by atoms with Crippen LogP contribution >= 0.6 is 0 Å². The number of rotatable bonds is 6. The van der Waals surface area contributed by atoms with Crippen LogP contribution in [0.15, 0.2) is 24.3 Å². The van der Waals surface area contributed by atoms with Gasteiger partial charge in [-0.05, 0) is 44.9 Å². The van der Waals surface area contributed by atoms with Gasteiger partial charge in [0.05, 0.1) is 0 Å². The Kier molecular flexibility index (Phi) is 5.66. The molecule has 1 aliphatic rings. The molecule has 0 fully saturated rings. The second kappa shape index (κ2) is 6.86. The van der Waals surface area contributed by atoms with Gasteiger partial charge in [-0.15, -0.1) is 6.58 Å². The van der Waals surface area contributed by atoms with E-state index in [0.29, 0.717) is 0 Å². The Morgan fingerprint density at radius 2 is 2.29 bits per heavy atom. The van der Waals surface area contributed by atoms with Crippen LogP contribution in [0.4, 0.5) is 0 Å². The van der Waals surface area contributed by atoms with Crippen LogP contribution < -0.4 is 0 Å². The monoisotopic (exact) mass is 192 g/mol. The van der Waals surface area contributed by atoms with Crippen molar-refractivity contribution in [1.29, 1.82) is 0 Å². The number of hydrogen-bond donors (Lipinski definition) is 0. The van der Waals surface area contributed by atoms with Crippen LogP contribution in [-0.4, -0.2) is 0 Å². The molecule has 0 heterocycles. The smallest absolute Gasteiger partial charge is 0.0294 e. The largest absolute Gasteiger partial charge is 0.103 e. The van der Waals surface area contributed by atoms with Gasteiger partial charge >= 0.3 is 0 Å². The number of allylic oxidation sites excluding steroid dienone is 3. The Bertz CT molecular complexity index is 188. The topological polar surface area (TPSA) is 0 Å². The minimum atomic E-state index is 0.990. The third-order valence-electron chi connectivity index (χ3n) is 3.20. The maximum absolute atomic E-state index is 3.75. The molecule has 14 heavy (non-hydrogen) atoms. The third-order valence-corrected chi connectivity index (χ3v) is 3.20. The van der Waals surface area contributed by atoms with Gasteiger partial charge in [0.2, 0.25) is 0 Å². The molecule has 0 aliphatic heterocycles. The van der Waals surface area contributed by atoms with Gasteiger partial charge in [0, 0.05) is 0 Å². The van der Waals surface area contributed by atoms with Gasteiger partial charge in [0.25, 0.3) is 0 Å². The van der Waals surface area contributed by atoms with Crippen molar-refractivity contribution in [3.63, 3.8) is 0 Å². The first-order chi connectivity index (χ1) is 6.83. The first-order valence-corrected chi connectivity index (χ1v) is 6.09. The van der Waals surface area contributed by atoms with E-state index < -0.39 is 0 Å². The molecule has 1 unspecified atom stereocenters. The summed E-state index contributed by atoms with van der Waals surface area (Å²) < 4.78 is 0.